The number of ether oxygens (including phenoxy) is 2. The molecule has 5 atom stereocenters. The molecule has 2 saturated heterocycles. The zero-order valence-corrected chi connectivity index (χ0v) is 19.0. The van der Waals surface area contributed by atoms with Crippen molar-refractivity contribution in [3.63, 3.8) is 0 Å². The normalized spacial score (nSPS) is 24.8. The van der Waals surface area contributed by atoms with E-state index < -0.39 is 98.8 Å². The molecular formula is C23H19NO14. The van der Waals surface area contributed by atoms with Gasteiger partial charge >= 0.3 is 29.0 Å². The van der Waals surface area contributed by atoms with Crippen LogP contribution >= 0.6 is 0 Å². The summed E-state index contributed by atoms with van der Waals surface area (Å²) in [6, 6.07) is 6.44. The van der Waals surface area contributed by atoms with Crippen LogP contribution in [0.2, 0.25) is 0 Å². The van der Waals surface area contributed by atoms with Crippen molar-refractivity contribution in [2.24, 2.45) is 0 Å². The molecule has 2 aromatic rings. The lowest BCUT2D eigenvalue weighted by Gasteiger charge is -2.37. The van der Waals surface area contributed by atoms with Crippen molar-refractivity contribution >= 4 is 23.9 Å². The topological polar surface area (TPSA) is 240 Å². The highest BCUT2D eigenvalue weighted by molar-refractivity contribution is 6.05. The number of carboxylic acids is 3. The van der Waals surface area contributed by atoms with Crippen molar-refractivity contribution in [3.8, 4) is 0 Å². The highest BCUT2D eigenvalue weighted by Gasteiger charge is 2.60. The molecule has 0 aliphatic carbocycles. The summed E-state index contributed by atoms with van der Waals surface area (Å²) in [5.74, 6) is -8.61. The number of aliphatic hydroxyl groups is 2. The summed E-state index contributed by atoms with van der Waals surface area (Å²) in [5, 5.41) is 60.9. The van der Waals surface area contributed by atoms with Crippen LogP contribution in [0.3, 0.4) is 0 Å². The van der Waals surface area contributed by atoms with Gasteiger partial charge in [-0.1, -0.05) is 24.3 Å². The van der Waals surface area contributed by atoms with Gasteiger partial charge in [0.25, 0.3) is 0 Å². The Morgan fingerprint density at radius 1 is 0.947 bits per heavy atom. The predicted molar refractivity (Wildman–Crippen MR) is 118 cm³/mol. The Hall–Kier alpha value is -4.44. The largest absolute Gasteiger partial charge is 0.478 e. The van der Waals surface area contributed by atoms with Gasteiger partial charge in [-0.2, -0.15) is 0 Å². The van der Waals surface area contributed by atoms with E-state index in [4.69, 9.17) is 9.47 Å². The van der Waals surface area contributed by atoms with Crippen LogP contribution in [0.1, 0.15) is 58.5 Å². The Balaban J connectivity index is 2.09. The number of rotatable bonds is 8. The summed E-state index contributed by atoms with van der Waals surface area (Å²) >= 11 is 0. The van der Waals surface area contributed by atoms with Crippen LogP contribution in [-0.2, 0) is 14.3 Å². The van der Waals surface area contributed by atoms with Gasteiger partial charge in [0.05, 0.1) is 35.5 Å². The molecule has 200 valence electrons. The van der Waals surface area contributed by atoms with Crippen LogP contribution in [0, 0.1) is 10.1 Å². The number of hydrogen-bond acceptors (Lipinski definition) is 11. The molecule has 2 fully saturated rings. The summed E-state index contributed by atoms with van der Waals surface area (Å²) < 4.78 is 11.0. The lowest BCUT2D eigenvalue weighted by molar-refractivity contribution is -0.727. The lowest BCUT2D eigenvalue weighted by atomic mass is 9.71. The highest BCUT2D eigenvalue weighted by atomic mass is 17.0. The van der Waals surface area contributed by atoms with Gasteiger partial charge in [-0.15, -0.1) is 10.1 Å². The van der Waals surface area contributed by atoms with Gasteiger partial charge in [0.2, 0.25) is 0 Å². The zero-order chi connectivity index (χ0) is 27.9. The molecule has 0 aromatic heterocycles. The first-order valence-corrected chi connectivity index (χ1v) is 10.8. The minimum atomic E-state index is -2.33. The van der Waals surface area contributed by atoms with Crippen LogP contribution in [0.15, 0.2) is 36.4 Å². The van der Waals surface area contributed by atoms with E-state index in [1.54, 1.807) is 0 Å². The van der Waals surface area contributed by atoms with Crippen LogP contribution < -0.4 is 0 Å². The van der Waals surface area contributed by atoms with E-state index in [0.29, 0.717) is 0 Å². The first-order chi connectivity index (χ1) is 17.9. The molecular weight excluding hydrogens is 514 g/mol. The molecule has 4 rings (SSSR count). The number of carbonyl (C=O) groups is 4. The summed E-state index contributed by atoms with van der Waals surface area (Å²) in [6.07, 6.45) is -3.68. The van der Waals surface area contributed by atoms with Crippen molar-refractivity contribution in [2.45, 2.75) is 29.8 Å². The van der Waals surface area contributed by atoms with E-state index in [1.165, 1.54) is 0 Å². The molecule has 15 nitrogen and oxygen atoms in total. The van der Waals surface area contributed by atoms with Crippen LogP contribution in [0.25, 0.3) is 0 Å². The summed E-state index contributed by atoms with van der Waals surface area (Å²) in [4.78, 5) is 63.9. The Kier molecular flexibility index (Phi) is 6.86. The number of aromatic carboxylic acids is 3. The molecule has 15 heteroatoms. The minimum absolute atomic E-state index is 0.295. The van der Waals surface area contributed by atoms with Crippen molar-refractivity contribution in [2.75, 3.05) is 13.2 Å². The SMILES string of the molecule is O=C(O)c1cccc(C(c2cccc(C(=O)O)c2C(=O)O[N+](=O)[O-])[C@]2(O)CO[C@@H]3[C@@H](O)CO[C@@H]32)c1C(=O)O. The van der Waals surface area contributed by atoms with E-state index in [0.717, 1.165) is 36.4 Å². The van der Waals surface area contributed by atoms with Gasteiger partial charge in [-0.3, -0.25) is 4.79 Å². The average molecular weight is 533 g/mol. The van der Waals surface area contributed by atoms with E-state index in [9.17, 15) is 54.8 Å². The highest BCUT2D eigenvalue weighted by Crippen LogP contribution is 2.48. The van der Waals surface area contributed by atoms with E-state index >= 15 is 0 Å². The van der Waals surface area contributed by atoms with E-state index in [-0.39, 0.29) is 6.61 Å². The fourth-order valence-corrected chi connectivity index (χ4v) is 5.04. The Labute approximate surface area is 211 Å². The van der Waals surface area contributed by atoms with Crippen LogP contribution in [0.4, 0.5) is 0 Å². The molecule has 0 amide bonds. The second-order valence-corrected chi connectivity index (χ2v) is 8.58. The number of fused-ring (bicyclic) bond motifs is 1. The molecule has 38 heavy (non-hydrogen) atoms. The van der Waals surface area contributed by atoms with Gasteiger partial charge in [0.15, 0.2) is 0 Å². The Morgan fingerprint density at radius 2 is 1.50 bits per heavy atom. The van der Waals surface area contributed by atoms with Gasteiger partial charge < -0.3 is 35.0 Å². The molecule has 1 unspecified atom stereocenters. The maximum Gasteiger partial charge on any atom is 0.336 e. The average Bonchev–Trinajstić information content (AvgIpc) is 3.38. The van der Waals surface area contributed by atoms with Crippen molar-refractivity contribution in [1.82, 2.24) is 0 Å². The smallest absolute Gasteiger partial charge is 0.336 e. The monoisotopic (exact) mass is 533 g/mol. The van der Waals surface area contributed by atoms with Crippen molar-refractivity contribution in [1.29, 1.82) is 0 Å². The molecule has 0 radical (unpaired) electrons. The maximum absolute atomic E-state index is 12.8. The number of carbonyl (C=O) groups excluding carboxylic acids is 1. The molecule has 0 spiro atoms. The minimum Gasteiger partial charge on any atom is -0.478 e. The zero-order valence-electron chi connectivity index (χ0n) is 19.0. The van der Waals surface area contributed by atoms with Gasteiger partial charge in [-0.25, -0.2) is 19.2 Å². The van der Waals surface area contributed by atoms with Gasteiger partial charge in [-0.05, 0) is 23.3 Å². The quantitative estimate of drug-likeness (QED) is 0.224. The maximum atomic E-state index is 12.8. The number of carboxylic acid groups (broad SMARTS) is 3. The fraction of sp³-hybridized carbons (Fsp3) is 0.304. The van der Waals surface area contributed by atoms with Crippen LogP contribution in [-0.4, -0.2) is 91.6 Å². The summed E-state index contributed by atoms with van der Waals surface area (Å²) in [7, 11) is 0. The standard InChI is InChI=1S/C23H19NO14/c25-13-7-36-18-17(13)37-8-23(18,33)16(9-3-1-5-11(19(26)27)14(9)21(30)31)10-4-2-6-12(20(28)29)15(10)22(32)38-24(34)35/h1-6,13,16-18,25,33H,7-8H2,(H,26,27)(H,28,29)(H,30,31)/t13-,16?,17+,18-,23+/m0/s1. The third kappa shape index (κ3) is 4.32. The molecule has 0 saturated carbocycles. The van der Waals surface area contributed by atoms with E-state index in [1.807, 2.05) is 0 Å². The molecule has 2 aliphatic heterocycles. The molecule has 2 aliphatic rings. The number of hydrogen-bond donors (Lipinski definition) is 5. The Bertz CT molecular complexity index is 1360. The number of nitrogens with zero attached hydrogens (tertiary/aromatic N) is 1. The third-order valence-corrected chi connectivity index (χ3v) is 6.48. The predicted octanol–water partition coefficient (Wildman–Crippen LogP) is 0.151. The van der Waals surface area contributed by atoms with Gasteiger partial charge in [0.1, 0.15) is 23.9 Å². The second kappa shape index (κ2) is 9.79. The lowest BCUT2D eigenvalue weighted by Crippen LogP contribution is -2.50. The first-order valence-electron chi connectivity index (χ1n) is 10.8. The molecule has 2 heterocycles. The summed E-state index contributed by atoms with van der Waals surface area (Å²) in [5.41, 5.74) is -6.36. The number of aliphatic hydroxyl groups excluding tert-OH is 1. The van der Waals surface area contributed by atoms with Crippen LogP contribution in [0.5, 0.6) is 0 Å². The third-order valence-electron chi connectivity index (χ3n) is 6.48. The number of benzene rings is 2. The fourth-order valence-electron chi connectivity index (χ4n) is 5.04. The van der Waals surface area contributed by atoms with Crippen molar-refractivity contribution < 1.29 is 64.1 Å². The molecule has 2 aromatic carbocycles. The van der Waals surface area contributed by atoms with E-state index in [2.05, 4.69) is 4.84 Å². The molecule has 5 N–H and O–H groups in total. The first kappa shape index (κ1) is 26.6. The summed E-state index contributed by atoms with van der Waals surface area (Å²) in [6.45, 7) is -0.932. The Morgan fingerprint density at radius 3 is 2.03 bits per heavy atom. The van der Waals surface area contributed by atoms with Gasteiger partial charge in [0, 0.05) is 5.92 Å². The second-order valence-electron chi connectivity index (χ2n) is 8.58. The van der Waals surface area contributed by atoms with Crippen molar-refractivity contribution in [3.05, 3.63) is 79.9 Å². The molecule has 0 bridgehead atoms.